The second-order valence-electron chi connectivity index (χ2n) is 8.30. The summed E-state index contributed by atoms with van der Waals surface area (Å²) in [7, 11) is -3.80. The van der Waals surface area contributed by atoms with E-state index >= 15 is 0 Å². The predicted molar refractivity (Wildman–Crippen MR) is 125 cm³/mol. The van der Waals surface area contributed by atoms with Gasteiger partial charge in [0, 0.05) is 25.7 Å². The first-order valence-corrected chi connectivity index (χ1v) is 12.5. The molecule has 1 aliphatic heterocycles. The first-order valence-electron chi connectivity index (χ1n) is 11.0. The number of nitrogens with one attached hydrogen (secondary N) is 2. The molecule has 0 radical (unpaired) electrons. The summed E-state index contributed by atoms with van der Waals surface area (Å²) < 4.78 is 39.7. The SMILES string of the molecule is CCOc1cc(CN2CCC(Nc3nc4cc(S(N)(=O)=O)ccc4o3)CC2)cc2oc(=O)[nH]c12. The number of nitrogens with two attached hydrogens (primary N) is 1. The lowest BCUT2D eigenvalue weighted by atomic mass is 10.0. The lowest BCUT2D eigenvalue weighted by molar-refractivity contribution is 0.210. The number of anilines is 1. The van der Waals surface area contributed by atoms with Gasteiger partial charge in [-0.1, -0.05) is 0 Å². The van der Waals surface area contributed by atoms with Gasteiger partial charge in [-0.15, -0.1) is 0 Å². The molecule has 4 aromatic rings. The van der Waals surface area contributed by atoms with Gasteiger partial charge >= 0.3 is 5.76 Å². The zero-order valence-corrected chi connectivity index (χ0v) is 19.4. The van der Waals surface area contributed by atoms with Crippen molar-refractivity contribution in [2.45, 2.75) is 37.2 Å². The van der Waals surface area contributed by atoms with E-state index in [4.69, 9.17) is 18.7 Å². The summed E-state index contributed by atoms with van der Waals surface area (Å²) in [5.41, 5.74) is 3.00. The Morgan fingerprint density at radius 3 is 2.74 bits per heavy atom. The summed E-state index contributed by atoms with van der Waals surface area (Å²) in [5.74, 6) is 0.110. The number of fused-ring (bicyclic) bond motifs is 2. The fraction of sp³-hybridized carbons (Fsp3) is 0.364. The third-order valence-electron chi connectivity index (χ3n) is 5.86. The van der Waals surface area contributed by atoms with Crippen molar-refractivity contribution in [3.8, 4) is 5.75 Å². The summed E-state index contributed by atoms with van der Waals surface area (Å²) in [6.07, 6.45) is 1.75. The number of oxazole rings is 2. The van der Waals surface area contributed by atoms with Crippen molar-refractivity contribution in [3.63, 3.8) is 0 Å². The number of nitrogens with zero attached hydrogens (tertiary/aromatic N) is 2. The maximum Gasteiger partial charge on any atom is 0.417 e. The Morgan fingerprint density at radius 2 is 2.00 bits per heavy atom. The van der Waals surface area contributed by atoms with E-state index < -0.39 is 15.8 Å². The van der Waals surface area contributed by atoms with Crippen LogP contribution in [0.15, 0.2) is 48.9 Å². The van der Waals surface area contributed by atoms with Crippen LogP contribution in [-0.2, 0) is 16.6 Å². The third-order valence-corrected chi connectivity index (χ3v) is 6.78. The van der Waals surface area contributed by atoms with E-state index in [1.807, 2.05) is 19.1 Å². The molecule has 0 atom stereocenters. The molecule has 0 spiro atoms. The highest BCUT2D eigenvalue weighted by atomic mass is 32.2. The Hall–Kier alpha value is -3.35. The summed E-state index contributed by atoms with van der Waals surface area (Å²) >= 11 is 0. The van der Waals surface area contributed by atoms with Gasteiger partial charge in [0.05, 0.1) is 11.5 Å². The predicted octanol–water partition coefficient (Wildman–Crippen LogP) is 2.38. The number of likely N-dealkylation sites (tertiary alicyclic amines) is 1. The van der Waals surface area contributed by atoms with Crippen LogP contribution in [0.4, 0.5) is 6.01 Å². The van der Waals surface area contributed by atoms with Crippen LogP contribution < -0.4 is 20.9 Å². The number of benzene rings is 2. The first kappa shape index (κ1) is 22.4. The molecule has 2 aromatic carbocycles. The maximum atomic E-state index is 11.6. The Morgan fingerprint density at radius 1 is 1.21 bits per heavy atom. The monoisotopic (exact) mass is 487 g/mol. The van der Waals surface area contributed by atoms with Gasteiger partial charge in [-0.05, 0) is 55.7 Å². The van der Waals surface area contributed by atoms with Gasteiger partial charge < -0.3 is 18.9 Å². The molecule has 5 rings (SSSR count). The summed E-state index contributed by atoms with van der Waals surface area (Å²) in [6.45, 7) is 4.79. The molecule has 0 saturated carbocycles. The number of hydrogen-bond acceptors (Lipinski definition) is 9. The van der Waals surface area contributed by atoms with Crippen molar-refractivity contribution in [1.29, 1.82) is 0 Å². The molecule has 3 heterocycles. The van der Waals surface area contributed by atoms with Crippen molar-refractivity contribution in [2.75, 3.05) is 25.0 Å². The lowest BCUT2D eigenvalue weighted by Gasteiger charge is -2.32. The Labute approximate surface area is 194 Å². The number of aromatic amines is 1. The molecule has 0 bridgehead atoms. The van der Waals surface area contributed by atoms with Gasteiger partial charge in [-0.3, -0.25) is 9.88 Å². The van der Waals surface area contributed by atoms with Crippen LogP contribution in [0.2, 0.25) is 0 Å². The number of rotatable bonds is 7. The second-order valence-corrected chi connectivity index (χ2v) is 9.86. The molecule has 0 unspecified atom stereocenters. The van der Waals surface area contributed by atoms with Crippen molar-refractivity contribution >= 4 is 38.2 Å². The number of hydrogen-bond donors (Lipinski definition) is 3. The van der Waals surface area contributed by atoms with E-state index in [-0.39, 0.29) is 10.9 Å². The van der Waals surface area contributed by atoms with E-state index in [9.17, 15) is 13.2 Å². The van der Waals surface area contributed by atoms with Crippen molar-refractivity contribution in [2.24, 2.45) is 5.14 Å². The smallest absolute Gasteiger partial charge is 0.417 e. The highest BCUT2D eigenvalue weighted by Gasteiger charge is 2.22. The molecular weight excluding hydrogens is 462 g/mol. The minimum Gasteiger partial charge on any atom is -0.492 e. The molecule has 12 heteroatoms. The average Bonchev–Trinajstić information content (AvgIpc) is 3.36. The van der Waals surface area contributed by atoms with Crippen molar-refractivity contribution < 1.29 is 22.0 Å². The van der Waals surface area contributed by atoms with E-state index in [1.54, 1.807) is 6.07 Å². The summed E-state index contributed by atoms with van der Waals surface area (Å²) in [4.78, 5) is 21.0. The highest BCUT2D eigenvalue weighted by Crippen LogP contribution is 2.28. The molecular formula is C22H25N5O6S. The number of H-pyrrole nitrogens is 1. The van der Waals surface area contributed by atoms with Crippen molar-refractivity contribution in [3.05, 3.63) is 46.4 Å². The minimum absolute atomic E-state index is 0.00208. The standard InChI is InChI=1S/C22H25N5O6S/c1-2-31-18-9-13(10-19-20(18)26-22(28)33-19)12-27-7-5-14(6-8-27)24-21-25-16-11-15(34(23,29)30)3-4-17(16)32-21/h3-4,9-11,14H,2,5-8,12H2,1H3,(H,24,25)(H,26,28)(H2,23,29,30). The van der Waals surface area contributed by atoms with E-state index in [0.29, 0.717) is 47.1 Å². The van der Waals surface area contributed by atoms with Crippen LogP contribution in [0.3, 0.4) is 0 Å². The number of ether oxygens (including phenoxy) is 1. The number of aromatic nitrogens is 2. The van der Waals surface area contributed by atoms with Gasteiger partial charge in [-0.25, -0.2) is 18.4 Å². The lowest BCUT2D eigenvalue weighted by Crippen LogP contribution is -2.38. The van der Waals surface area contributed by atoms with E-state index in [0.717, 1.165) is 31.5 Å². The molecule has 1 saturated heterocycles. The number of primary sulfonamides is 1. The van der Waals surface area contributed by atoms with Gasteiger partial charge in [0.25, 0.3) is 6.01 Å². The molecule has 0 aliphatic carbocycles. The molecule has 180 valence electrons. The zero-order valence-electron chi connectivity index (χ0n) is 18.5. The molecule has 1 aliphatic rings. The number of sulfonamides is 1. The summed E-state index contributed by atoms with van der Waals surface area (Å²) in [6, 6.07) is 8.69. The van der Waals surface area contributed by atoms with Gasteiger partial charge in [0.15, 0.2) is 11.2 Å². The largest absolute Gasteiger partial charge is 0.492 e. The Kier molecular flexibility index (Phi) is 5.80. The van der Waals surface area contributed by atoms with Crippen molar-refractivity contribution in [1.82, 2.24) is 14.9 Å². The molecule has 11 nitrogen and oxygen atoms in total. The van der Waals surface area contributed by atoms with Gasteiger partial charge in [-0.2, -0.15) is 4.98 Å². The summed E-state index contributed by atoms with van der Waals surface area (Å²) in [5, 5.41) is 8.50. The number of piperidine rings is 1. The fourth-order valence-electron chi connectivity index (χ4n) is 4.25. The second kappa shape index (κ2) is 8.78. The van der Waals surface area contributed by atoms with Crippen LogP contribution in [-0.4, -0.2) is 49.0 Å². The molecule has 2 aromatic heterocycles. The van der Waals surface area contributed by atoms with E-state index in [2.05, 4.69) is 20.2 Å². The molecule has 1 fully saturated rings. The van der Waals surface area contributed by atoms with Crippen LogP contribution in [0, 0.1) is 0 Å². The van der Waals surface area contributed by atoms with Gasteiger partial charge in [0.2, 0.25) is 10.0 Å². The van der Waals surface area contributed by atoms with Gasteiger partial charge in [0.1, 0.15) is 16.8 Å². The maximum absolute atomic E-state index is 11.6. The minimum atomic E-state index is -3.80. The molecule has 34 heavy (non-hydrogen) atoms. The normalized spacial score (nSPS) is 15.8. The third kappa shape index (κ3) is 4.65. The topological polar surface area (TPSA) is 157 Å². The van der Waals surface area contributed by atoms with Crippen LogP contribution >= 0.6 is 0 Å². The molecule has 0 amide bonds. The molecule has 4 N–H and O–H groups in total. The zero-order chi connectivity index (χ0) is 23.9. The average molecular weight is 488 g/mol. The highest BCUT2D eigenvalue weighted by molar-refractivity contribution is 7.89. The Balaban J connectivity index is 1.23. The van der Waals surface area contributed by atoms with Crippen LogP contribution in [0.5, 0.6) is 5.75 Å². The van der Waals surface area contributed by atoms with E-state index in [1.165, 1.54) is 12.1 Å². The fourth-order valence-corrected chi connectivity index (χ4v) is 4.78. The van der Waals surface area contributed by atoms with Crippen LogP contribution in [0.1, 0.15) is 25.3 Å². The van der Waals surface area contributed by atoms with Crippen LogP contribution in [0.25, 0.3) is 22.2 Å². The Bertz CT molecular complexity index is 1500. The first-order chi connectivity index (χ1) is 16.3. The quantitative estimate of drug-likeness (QED) is 0.356.